The Bertz CT molecular complexity index is 959. The summed E-state index contributed by atoms with van der Waals surface area (Å²) in [6, 6.07) is 13.9. The van der Waals surface area contributed by atoms with Crippen molar-refractivity contribution < 1.29 is 23.8 Å². The van der Waals surface area contributed by atoms with Crippen LogP contribution >= 0.6 is 0 Å². The van der Waals surface area contributed by atoms with Crippen molar-refractivity contribution in [3.8, 4) is 11.5 Å². The summed E-state index contributed by atoms with van der Waals surface area (Å²) in [6.45, 7) is 1.76. The second kappa shape index (κ2) is 7.09. The van der Waals surface area contributed by atoms with Crippen molar-refractivity contribution in [2.75, 3.05) is 6.61 Å². The van der Waals surface area contributed by atoms with Crippen molar-refractivity contribution in [2.45, 2.75) is 13.3 Å². The van der Waals surface area contributed by atoms with E-state index in [2.05, 4.69) is 0 Å². The van der Waals surface area contributed by atoms with Gasteiger partial charge in [-0.1, -0.05) is 30.3 Å². The Hall–Kier alpha value is -3.28. The maximum atomic E-state index is 12.3. The third-order valence-electron chi connectivity index (χ3n) is 3.62. The van der Waals surface area contributed by atoms with Crippen LogP contribution in [0.4, 0.5) is 4.79 Å². The summed E-state index contributed by atoms with van der Waals surface area (Å²) in [5.74, 6) is -0.235. The molecule has 25 heavy (non-hydrogen) atoms. The van der Waals surface area contributed by atoms with E-state index < -0.39 is 11.8 Å². The van der Waals surface area contributed by atoms with E-state index in [-0.39, 0.29) is 23.7 Å². The van der Waals surface area contributed by atoms with Crippen LogP contribution in [0.15, 0.2) is 57.7 Å². The monoisotopic (exact) mass is 340 g/mol. The molecule has 0 fully saturated rings. The molecule has 3 rings (SSSR count). The topological polar surface area (TPSA) is 86.0 Å². The van der Waals surface area contributed by atoms with Gasteiger partial charge in [0, 0.05) is 23.4 Å². The van der Waals surface area contributed by atoms with Crippen molar-refractivity contribution in [1.82, 2.24) is 0 Å². The van der Waals surface area contributed by atoms with Crippen LogP contribution < -0.4 is 10.4 Å². The quantitative estimate of drug-likeness (QED) is 0.576. The molecule has 3 aromatic rings. The summed E-state index contributed by atoms with van der Waals surface area (Å²) in [5, 5.41) is 10.2. The van der Waals surface area contributed by atoms with Crippen LogP contribution in [0.25, 0.3) is 11.0 Å². The third-order valence-corrected chi connectivity index (χ3v) is 3.62. The van der Waals surface area contributed by atoms with Gasteiger partial charge in [-0.3, -0.25) is 0 Å². The molecule has 0 saturated heterocycles. The van der Waals surface area contributed by atoms with Gasteiger partial charge in [-0.15, -0.1) is 0 Å². The molecule has 6 heteroatoms. The van der Waals surface area contributed by atoms with Gasteiger partial charge in [0.05, 0.1) is 6.61 Å². The standard InChI is InChI=1S/C19H16O6/c1-2-23-19(22)25-17-15(10-12-6-4-3-5-7-12)14-9-8-13(20)11-16(14)24-18(17)21/h3-9,11,20H,2,10H2,1H3. The molecule has 2 aromatic carbocycles. The highest BCUT2D eigenvalue weighted by Crippen LogP contribution is 2.29. The van der Waals surface area contributed by atoms with Gasteiger partial charge >= 0.3 is 11.8 Å². The molecule has 0 unspecified atom stereocenters. The number of aromatic hydroxyl groups is 1. The molecule has 128 valence electrons. The van der Waals surface area contributed by atoms with Gasteiger partial charge < -0.3 is 19.0 Å². The first kappa shape index (κ1) is 16.6. The van der Waals surface area contributed by atoms with Crippen LogP contribution in [0.5, 0.6) is 11.5 Å². The number of ether oxygens (including phenoxy) is 2. The van der Waals surface area contributed by atoms with Crippen LogP contribution in [0.3, 0.4) is 0 Å². The van der Waals surface area contributed by atoms with E-state index in [1.807, 2.05) is 30.3 Å². The summed E-state index contributed by atoms with van der Waals surface area (Å²) in [6.07, 6.45) is -0.620. The molecule has 0 radical (unpaired) electrons. The van der Waals surface area contributed by atoms with E-state index in [9.17, 15) is 14.7 Å². The molecule has 1 N–H and O–H groups in total. The van der Waals surface area contributed by atoms with E-state index in [0.717, 1.165) is 5.56 Å². The predicted molar refractivity (Wildman–Crippen MR) is 91.0 cm³/mol. The molecule has 0 spiro atoms. The minimum atomic E-state index is -0.970. The molecule has 0 aliphatic carbocycles. The smallest absolute Gasteiger partial charge is 0.508 e. The van der Waals surface area contributed by atoms with Crippen LogP contribution in [-0.2, 0) is 11.2 Å². The molecular formula is C19H16O6. The molecule has 0 amide bonds. The highest BCUT2D eigenvalue weighted by atomic mass is 16.7. The molecule has 0 atom stereocenters. The Labute approximate surface area is 143 Å². The van der Waals surface area contributed by atoms with Crippen molar-refractivity contribution in [3.63, 3.8) is 0 Å². The van der Waals surface area contributed by atoms with Gasteiger partial charge in [-0.05, 0) is 24.6 Å². The second-order valence-corrected chi connectivity index (χ2v) is 5.33. The van der Waals surface area contributed by atoms with E-state index >= 15 is 0 Å². The zero-order valence-electron chi connectivity index (χ0n) is 13.5. The van der Waals surface area contributed by atoms with Gasteiger partial charge in [-0.25, -0.2) is 9.59 Å². The first-order valence-corrected chi connectivity index (χ1v) is 7.75. The third kappa shape index (κ3) is 3.63. The molecule has 0 aliphatic rings. The number of phenols is 1. The lowest BCUT2D eigenvalue weighted by Crippen LogP contribution is -2.17. The first-order chi connectivity index (χ1) is 12.1. The maximum Gasteiger partial charge on any atom is 0.514 e. The number of benzene rings is 2. The van der Waals surface area contributed by atoms with Crippen molar-refractivity contribution in [2.24, 2.45) is 0 Å². The Morgan fingerprint density at radius 3 is 2.64 bits per heavy atom. The summed E-state index contributed by atoms with van der Waals surface area (Å²) >= 11 is 0. The number of rotatable bonds is 4. The highest BCUT2D eigenvalue weighted by molar-refractivity contribution is 5.84. The Morgan fingerprint density at radius 1 is 1.16 bits per heavy atom. The molecule has 0 aliphatic heterocycles. The Kier molecular flexibility index (Phi) is 4.70. The number of hydrogen-bond donors (Lipinski definition) is 1. The predicted octanol–water partition coefficient (Wildman–Crippen LogP) is 3.62. The van der Waals surface area contributed by atoms with Crippen LogP contribution in [0, 0.1) is 0 Å². The largest absolute Gasteiger partial charge is 0.514 e. The number of carbonyl (C=O) groups excluding carboxylic acids is 1. The second-order valence-electron chi connectivity index (χ2n) is 5.33. The zero-order valence-corrected chi connectivity index (χ0v) is 13.5. The lowest BCUT2D eigenvalue weighted by Gasteiger charge is -2.11. The molecular weight excluding hydrogens is 324 g/mol. The van der Waals surface area contributed by atoms with Gasteiger partial charge in [0.15, 0.2) is 0 Å². The van der Waals surface area contributed by atoms with Crippen molar-refractivity contribution in [1.29, 1.82) is 0 Å². The average molecular weight is 340 g/mol. The van der Waals surface area contributed by atoms with Crippen LogP contribution in [0.1, 0.15) is 18.1 Å². The SMILES string of the molecule is CCOC(=O)Oc1c(Cc2ccccc2)c2ccc(O)cc2oc1=O. The van der Waals surface area contributed by atoms with E-state index in [1.54, 1.807) is 13.0 Å². The number of hydrogen-bond acceptors (Lipinski definition) is 6. The van der Waals surface area contributed by atoms with Crippen LogP contribution in [-0.4, -0.2) is 17.9 Å². The van der Waals surface area contributed by atoms with Crippen molar-refractivity contribution in [3.05, 3.63) is 70.1 Å². The minimum absolute atomic E-state index is 0.0274. The molecule has 1 aromatic heterocycles. The lowest BCUT2D eigenvalue weighted by atomic mass is 10.0. The fourth-order valence-corrected chi connectivity index (χ4v) is 2.55. The normalized spacial score (nSPS) is 10.6. The van der Waals surface area contributed by atoms with E-state index in [4.69, 9.17) is 13.9 Å². The first-order valence-electron chi connectivity index (χ1n) is 7.75. The van der Waals surface area contributed by atoms with Crippen molar-refractivity contribution >= 4 is 17.1 Å². The summed E-state index contributed by atoms with van der Waals surface area (Å²) in [5.41, 5.74) is 0.825. The number of fused-ring (bicyclic) bond motifs is 1. The Morgan fingerprint density at radius 2 is 1.92 bits per heavy atom. The average Bonchev–Trinajstić information content (AvgIpc) is 2.59. The fraction of sp³-hybridized carbons (Fsp3) is 0.158. The van der Waals surface area contributed by atoms with Gasteiger partial charge in [0.25, 0.3) is 0 Å². The van der Waals surface area contributed by atoms with Gasteiger partial charge in [-0.2, -0.15) is 0 Å². The van der Waals surface area contributed by atoms with E-state index in [1.165, 1.54) is 12.1 Å². The summed E-state index contributed by atoms with van der Waals surface area (Å²) in [4.78, 5) is 24.0. The number of carbonyl (C=O) groups is 1. The van der Waals surface area contributed by atoms with Gasteiger partial charge in [0.1, 0.15) is 11.3 Å². The van der Waals surface area contributed by atoms with E-state index in [0.29, 0.717) is 17.4 Å². The summed E-state index contributed by atoms with van der Waals surface area (Å²) in [7, 11) is 0. The zero-order chi connectivity index (χ0) is 17.8. The maximum absolute atomic E-state index is 12.3. The minimum Gasteiger partial charge on any atom is -0.508 e. The molecule has 1 heterocycles. The Balaban J connectivity index is 2.16. The molecule has 0 bridgehead atoms. The van der Waals surface area contributed by atoms with Crippen LogP contribution in [0.2, 0.25) is 0 Å². The molecule has 0 saturated carbocycles. The number of phenolic OH excluding ortho intramolecular Hbond substituents is 1. The van der Waals surface area contributed by atoms with Gasteiger partial charge in [0.2, 0.25) is 5.75 Å². The summed E-state index contributed by atoms with van der Waals surface area (Å²) < 4.78 is 15.0. The molecule has 6 nitrogen and oxygen atoms in total. The lowest BCUT2D eigenvalue weighted by molar-refractivity contribution is 0.102. The highest BCUT2D eigenvalue weighted by Gasteiger charge is 2.20. The fourth-order valence-electron chi connectivity index (χ4n) is 2.55.